The fourth-order valence-corrected chi connectivity index (χ4v) is 5.40. The predicted octanol–water partition coefficient (Wildman–Crippen LogP) is 6.81. The molecule has 0 aromatic heterocycles. The van der Waals surface area contributed by atoms with E-state index in [0.717, 1.165) is 44.4 Å². The van der Waals surface area contributed by atoms with Gasteiger partial charge in [-0.05, 0) is 116 Å². The molecule has 3 aromatic carbocycles. The van der Waals surface area contributed by atoms with Crippen LogP contribution in [0.25, 0.3) is 17.2 Å². The van der Waals surface area contributed by atoms with Gasteiger partial charge in [0, 0.05) is 4.90 Å². The quantitative estimate of drug-likeness (QED) is 0.183. The summed E-state index contributed by atoms with van der Waals surface area (Å²) in [4.78, 5) is 19.6. The molecule has 2 aliphatic rings. The Labute approximate surface area is 246 Å². The number of nitrogens with one attached hydrogen (secondary N) is 1. The van der Waals surface area contributed by atoms with E-state index >= 15 is 0 Å². The van der Waals surface area contributed by atoms with Gasteiger partial charge in [-0.3, -0.25) is 9.63 Å². The standard InChI is InChI=1S/C33H35BFNO4S/c1-21-28(17-22-9-14-26(41-6)15-10-22)27-16-13-25(35)18-30(27)29(21)19-31(37)36-38-20-23-7-11-24(12-8-23)34-39-32(2,3)33(4,5)40-34/h7-18H,19-20H2,1-6H3,(H,36,37)/b28-17+. The van der Waals surface area contributed by atoms with E-state index in [-0.39, 0.29) is 24.8 Å². The zero-order valence-corrected chi connectivity index (χ0v) is 25.2. The summed E-state index contributed by atoms with van der Waals surface area (Å²) in [6.07, 6.45) is 4.21. The monoisotopic (exact) mass is 571 g/mol. The van der Waals surface area contributed by atoms with Crippen molar-refractivity contribution in [1.29, 1.82) is 0 Å². The van der Waals surface area contributed by atoms with Crippen LogP contribution in [0.4, 0.5) is 4.39 Å². The van der Waals surface area contributed by atoms with Crippen LogP contribution in [-0.4, -0.2) is 30.5 Å². The highest BCUT2D eigenvalue weighted by molar-refractivity contribution is 7.98. The van der Waals surface area contributed by atoms with E-state index < -0.39 is 18.3 Å². The van der Waals surface area contributed by atoms with Gasteiger partial charge >= 0.3 is 7.12 Å². The molecule has 1 saturated heterocycles. The third-order valence-corrected chi connectivity index (χ3v) is 8.89. The van der Waals surface area contributed by atoms with Gasteiger partial charge in [-0.25, -0.2) is 9.87 Å². The molecule has 5 nitrogen and oxygen atoms in total. The molecule has 0 saturated carbocycles. The number of carbonyl (C=O) groups is 1. The third kappa shape index (κ3) is 6.21. The van der Waals surface area contributed by atoms with Crippen molar-refractivity contribution in [3.63, 3.8) is 0 Å². The van der Waals surface area contributed by atoms with Gasteiger partial charge in [0.25, 0.3) is 0 Å². The Kier molecular flexibility index (Phi) is 8.30. The molecule has 1 N–H and O–H groups in total. The molecule has 1 aliphatic heterocycles. The summed E-state index contributed by atoms with van der Waals surface area (Å²) in [5.41, 5.74) is 9.01. The number of hydroxylamine groups is 1. The highest BCUT2D eigenvalue weighted by Crippen LogP contribution is 2.44. The van der Waals surface area contributed by atoms with Crippen molar-refractivity contribution in [3.05, 3.63) is 100 Å². The Bertz CT molecular complexity index is 1500. The summed E-state index contributed by atoms with van der Waals surface area (Å²) in [7, 11) is -0.432. The average molecular weight is 572 g/mol. The first-order valence-electron chi connectivity index (χ1n) is 13.7. The molecule has 1 heterocycles. The van der Waals surface area contributed by atoms with Crippen LogP contribution in [0.1, 0.15) is 63.3 Å². The average Bonchev–Trinajstić information content (AvgIpc) is 3.31. The Morgan fingerprint density at radius 2 is 1.63 bits per heavy atom. The maximum atomic E-state index is 14.2. The van der Waals surface area contributed by atoms with Gasteiger partial charge in [0.05, 0.1) is 24.2 Å². The van der Waals surface area contributed by atoms with Crippen molar-refractivity contribution in [2.24, 2.45) is 0 Å². The lowest BCUT2D eigenvalue weighted by Gasteiger charge is -2.32. The summed E-state index contributed by atoms with van der Waals surface area (Å²) in [6.45, 7) is 10.3. The second-order valence-electron chi connectivity index (χ2n) is 11.4. The largest absolute Gasteiger partial charge is 0.494 e. The van der Waals surface area contributed by atoms with Crippen LogP contribution in [0, 0.1) is 5.82 Å². The third-order valence-electron chi connectivity index (χ3n) is 8.15. The van der Waals surface area contributed by atoms with Gasteiger partial charge in [-0.1, -0.05) is 42.5 Å². The van der Waals surface area contributed by atoms with Gasteiger partial charge in [-0.15, -0.1) is 11.8 Å². The zero-order valence-electron chi connectivity index (χ0n) is 24.3. The van der Waals surface area contributed by atoms with E-state index in [0.29, 0.717) is 0 Å². The lowest BCUT2D eigenvalue weighted by atomic mass is 9.79. The minimum absolute atomic E-state index is 0.0753. The van der Waals surface area contributed by atoms with E-state index in [1.165, 1.54) is 17.0 Å². The van der Waals surface area contributed by atoms with Gasteiger partial charge in [0.2, 0.25) is 5.91 Å². The van der Waals surface area contributed by atoms with Crippen molar-refractivity contribution < 1.29 is 23.3 Å². The van der Waals surface area contributed by atoms with Gasteiger partial charge in [0.15, 0.2) is 0 Å². The van der Waals surface area contributed by atoms with Crippen LogP contribution < -0.4 is 10.9 Å². The van der Waals surface area contributed by atoms with Crippen molar-refractivity contribution in [2.45, 2.75) is 63.7 Å². The molecule has 0 bridgehead atoms. The maximum Gasteiger partial charge on any atom is 0.494 e. The molecule has 0 unspecified atom stereocenters. The summed E-state index contributed by atoms with van der Waals surface area (Å²) < 4.78 is 26.5. The fraction of sp³-hybridized carbons (Fsp3) is 0.303. The number of halogens is 1. The maximum absolute atomic E-state index is 14.2. The summed E-state index contributed by atoms with van der Waals surface area (Å²) in [5.74, 6) is -0.630. The molecule has 0 radical (unpaired) electrons. The molecule has 0 spiro atoms. The molecule has 1 fully saturated rings. The van der Waals surface area contributed by atoms with Gasteiger partial charge < -0.3 is 9.31 Å². The number of thioether (sulfide) groups is 1. The minimum Gasteiger partial charge on any atom is -0.399 e. The second kappa shape index (κ2) is 11.6. The highest BCUT2D eigenvalue weighted by Gasteiger charge is 2.51. The second-order valence-corrected chi connectivity index (χ2v) is 12.3. The Morgan fingerprint density at radius 1 is 0.976 bits per heavy atom. The molecular formula is C33H35BFNO4S. The fourth-order valence-electron chi connectivity index (χ4n) is 4.99. The minimum atomic E-state index is -0.432. The van der Waals surface area contributed by atoms with Crippen molar-refractivity contribution in [3.8, 4) is 0 Å². The number of hydrogen-bond donors (Lipinski definition) is 1. The number of rotatable bonds is 8. The van der Waals surface area contributed by atoms with Crippen LogP contribution in [-0.2, 0) is 25.5 Å². The molecule has 3 aromatic rings. The summed E-state index contributed by atoms with van der Waals surface area (Å²) >= 11 is 1.69. The van der Waals surface area contributed by atoms with Crippen molar-refractivity contribution >= 4 is 47.5 Å². The normalized spacial score (nSPS) is 18.2. The molecule has 1 aliphatic carbocycles. The molecule has 41 heavy (non-hydrogen) atoms. The first kappa shape index (κ1) is 29.3. The highest BCUT2D eigenvalue weighted by atomic mass is 32.2. The number of carbonyl (C=O) groups excluding carboxylic acids is 1. The van der Waals surface area contributed by atoms with E-state index in [1.807, 2.05) is 65.1 Å². The molecule has 212 valence electrons. The lowest BCUT2D eigenvalue weighted by Crippen LogP contribution is -2.41. The van der Waals surface area contributed by atoms with Crippen LogP contribution in [0.2, 0.25) is 0 Å². The Balaban J connectivity index is 1.23. The summed E-state index contributed by atoms with van der Waals surface area (Å²) in [5, 5.41) is 0. The van der Waals surface area contributed by atoms with E-state index in [4.69, 9.17) is 14.1 Å². The first-order chi connectivity index (χ1) is 19.5. The van der Waals surface area contributed by atoms with Gasteiger partial charge in [0.1, 0.15) is 5.82 Å². The number of fused-ring (bicyclic) bond motifs is 1. The number of hydrogen-bond acceptors (Lipinski definition) is 5. The SMILES string of the molecule is CSc1ccc(/C=C2\C(C)=C(CC(=O)NOCc3ccc(B4OC(C)(C)C(C)(C)O4)cc3)c3cc(F)ccc32)cc1. The zero-order chi connectivity index (χ0) is 29.4. The van der Waals surface area contributed by atoms with E-state index in [2.05, 4.69) is 35.8 Å². The smallest absolute Gasteiger partial charge is 0.399 e. The van der Waals surface area contributed by atoms with Crippen LogP contribution in [0.5, 0.6) is 0 Å². The Morgan fingerprint density at radius 3 is 2.27 bits per heavy atom. The lowest BCUT2D eigenvalue weighted by molar-refractivity contribution is -0.133. The van der Waals surface area contributed by atoms with Crippen LogP contribution in [0.15, 0.2) is 77.2 Å². The van der Waals surface area contributed by atoms with Crippen LogP contribution >= 0.6 is 11.8 Å². The number of allylic oxidation sites excluding steroid dienone is 2. The number of benzene rings is 3. The van der Waals surface area contributed by atoms with E-state index in [9.17, 15) is 9.18 Å². The van der Waals surface area contributed by atoms with E-state index in [1.54, 1.807) is 17.8 Å². The number of amides is 1. The molecule has 1 amide bonds. The predicted molar refractivity (Wildman–Crippen MR) is 165 cm³/mol. The van der Waals surface area contributed by atoms with Crippen LogP contribution in [0.3, 0.4) is 0 Å². The van der Waals surface area contributed by atoms with Crippen molar-refractivity contribution in [2.75, 3.05) is 6.26 Å². The molecule has 8 heteroatoms. The molecule has 0 atom stereocenters. The van der Waals surface area contributed by atoms with Gasteiger partial charge in [-0.2, -0.15) is 0 Å². The topological polar surface area (TPSA) is 56.8 Å². The van der Waals surface area contributed by atoms with Crippen molar-refractivity contribution in [1.82, 2.24) is 5.48 Å². The molecular weight excluding hydrogens is 536 g/mol. The molecule has 5 rings (SSSR count). The first-order valence-corrected chi connectivity index (χ1v) is 14.9. The summed E-state index contributed by atoms with van der Waals surface area (Å²) in [6, 6.07) is 20.8. The Hall–Kier alpha value is -3.17.